The Morgan fingerprint density at radius 2 is 2.05 bits per heavy atom. The van der Waals surface area contributed by atoms with Gasteiger partial charge in [-0.25, -0.2) is 14.2 Å². The zero-order valence-corrected chi connectivity index (χ0v) is 12.5. The summed E-state index contributed by atoms with van der Waals surface area (Å²) in [5.74, 6) is -1.86. The molecule has 1 heterocycles. The molecule has 0 unspecified atom stereocenters. The van der Waals surface area contributed by atoms with Crippen molar-refractivity contribution in [1.29, 1.82) is 0 Å². The van der Waals surface area contributed by atoms with E-state index in [2.05, 4.69) is 31.0 Å². The van der Waals surface area contributed by atoms with Crippen LogP contribution < -0.4 is 5.32 Å². The summed E-state index contributed by atoms with van der Waals surface area (Å²) in [6, 6.07) is 6.69. The van der Waals surface area contributed by atoms with Crippen LogP contribution >= 0.6 is 15.9 Å². The summed E-state index contributed by atoms with van der Waals surface area (Å²) in [4.78, 5) is 27.3. The van der Waals surface area contributed by atoms with E-state index in [1.54, 1.807) is 6.07 Å². The van der Waals surface area contributed by atoms with Crippen LogP contribution in [-0.4, -0.2) is 24.0 Å². The molecule has 1 N–H and O–H groups in total. The molecule has 7 heteroatoms. The lowest BCUT2D eigenvalue weighted by atomic mass is 10.2. The first-order chi connectivity index (χ1) is 10.0. The van der Waals surface area contributed by atoms with E-state index in [0.717, 1.165) is 10.5 Å². The van der Waals surface area contributed by atoms with Gasteiger partial charge in [0.1, 0.15) is 11.5 Å². The summed E-state index contributed by atoms with van der Waals surface area (Å²) in [6.07, 6.45) is 1.45. The molecule has 0 atom stereocenters. The molecule has 2 aromatic rings. The maximum absolute atomic E-state index is 13.7. The Bertz CT molecular complexity index is 689. The van der Waals surface area contributed by atoms with Crippen molar-refractivity contribution in [3.63, 3.8) is 0 Å². The molecule has 0 aliphatic rings. The molecular formula is C14H10BrFN2O3. The van der Waals surface area contributed by atoms with Crippen LogP contribution in [0.25, 0.3) is 0 Å². The van der Waals surface area contributed by atoms with Crippen molar-refractivity contribution in [3.05, 3.63) is 58.1 Å². The Labute approximate surface area is 128 Å². The third-order valence-corrected chi connectivity index (χ3v) is 3.06. The third kappa shape index (κ3) is 3.63. The van der Waals surface area contributed by atoms with E-state index in [0.29, 0.717) is 0 Å². The maximum Gasteiger partial charge on any atom is 0.337 e. The van der Waals surface area contributed by atoms with Gasteiger partial charge in [0.15, 0.2) is 0 Å². The molecule has 0 fully saturated rings. The molecule has 1 amide bonds. The van der Waals surface area contributed by atoms with Gasteiger partial charge in [-0.1, -0.05) is 0 Å². The van der Waals surface area contributed by atoms with Gasteiger partial charge in [-0.15, -0.1) is 0 Å². The van der Waals surface area contributed by atoms with Crippen molar-refractivity contribution >= 4 is 33.5 Å². The number of halogens is 2. The van der Waals surface area contributed by atoms with Gasteiger partial charge in [0.2, 0.25) is 0 Å². The van der Waals surface area contributed by atoms with E-state index in [9.17, 15) is 14.0 Å². The molecule has 0 bridgehead atoms. The highest BCUT2D eigenvalue weighted by atomic mass is 79.9. The average molecular weight is 353 g/mol. The van der Waals surface area contributed by atoms with Gasteiger partial charge < -0.3 is 10.1 Å². The number of amides is 1. The van der Waals surface area contributed by atoms with Crippen LogP contribution in [-0.2, 0) is 4.74 Å². The van der Waals surface area contributed by atoms with Gasteiger partial charge in [-0.3, -0.25) is 4.79 Å². The standard InChI is InChI=1S/C14H10BrFN2O3/c1-21-14(20)8-2-4-10(16)12(6-8)18-13(19)11-5-3-9(15)7-17-11/h2-7H,1H3,(H,18,19). The summed E-state index contributed by atoms with van der Waals surface area (Å²) in [6.45, 7) is 0. The Hall–Kier alpha value is -2.28. The number of pyridine rings is 1. The Kier molecular flexibility index (Phi) is 4.64. The molecule has 2 rings (SSSR count). The fourth-order valence-corrected chi connectivity index (χ4v) is 1.80. The molecule has 0 radical (unpaired) electrons. The lowest BCUT2D eigenvalue weighted by molar-refractivity contribution is 0.0600. The van der Waals surface area contributed by atoms with Crippen molar-refractivity contribution < 1.29 is 18.7 Å². The molecular weight excluding hydrogens is 343 g/mol. The largest absolute Gasteiger partial charge is 0.465 e. The molecule has 0 aliphatic carbocycles. The van der Waals surface area contributed by atoms with E-state index in [1.807, 2.05) is 0 Å². The lowest BCUT2D eigenvalue weighted by Gasteiger charge is -2.07. The number of anilines is 1. The number of carbonyl (C=O) groups is 2. The number of ether oxygens (including phenoxy) is 1. The van der Waals surface area contributed by atoms with Crippen LogP contribution in [0.2, 0.25) is 0 Å². The number of hydrogen-bond donors (Lipinski definition) is 1. The van der Waals surface area contributed by atoms with E-state index < -0.39 is 17.7 Å². The van der Waals surface area contributed by atoms with Gasteiger partial charge in [-0.05, 0) is 46.3 Å². The first-order valence-corrected chi connectivity index (χ1v) is 6.61. The monoisotopic (exact) mass is 352 g/mol. The van der Waals surface area contributed by atoms with Crippen molar-refractivity contribution in [2.24, 2.45) is 0 Å². The first kappa shape index (κ1) is 15.1. The number of esters is 1. The highest BCUT2D eigenvalue weighted by Crippen LogP contribution is 2.18. The fourth-order valence-electron chi connectivity index (χ4n) is 1.56. The number of carbonyl (C=O) groups excluding carboxylic acids is 2. The molecule has 0 saturated heterocycles. The van der Waals surface area contributed by atoms with Gasteiger partial charge in [-0.2, -0.15) is 0 Å². The van der Waals surface area contributed by atoms with Gasteiger partial charge in [0.25, 0.3) is 5.91 Å². The zero-order chi connectivity index (χ0) is 15.4. The van der Waals surface area contributed by atoms with Crippen LogP contribution in [0.3, 0.4) is 0 Å². The number of nitrogens with zero attached hydrogens (tertiary/aromatic N) is 1. The smallest absolute Gasteiger partial charge is 0.337 e. The van der Waals surface area contributed by atoms with Crippen LogP contribution in [0.15, 0.2) is 41.0 Å². The first-order valence-electron chi connectivity index (χ1n) is 5.82. The van der Waals surface area contributed by atoms with Gasteiger partial charge in [0.05, 0.1) is 18.4 Å². The summed E-state index contributed by atoms with van der Waals surface area (Å²) >= 11 is 3.20. The molecule has 1 aromatic carbocycles. The minimum Gasteiger partial charge on any atom is -0.465 e. The molecule has 1 aromatic heterocycles. The number of rotatable bonds is 3. The van der Waals surface area contributed by atoms with E-state index in [1.165, 1.54) is 31.5 Å². The number of nitrogens with one attached hydrogen (secondary N) is 1. The second-order valence-electron chi connectivity index (χ2n) is 4.00. The third-order valence-electron chi connectivity index (χ3n) is 2.60. The SMILES string of the molecule is COC(=O)c1ccc(F)c(NC(=O)c2ccc(Br)cn2)c1. The lowest BCUT2D eigenvalue weighted by Crippen LogP contribution is -2.15. The quantitative estimate of drug-likeness (QED) is 0.862. The predicted octanol–water partition coefficient (Wildman–Crippen LogP) is 3.02. The molecule has 0 saturated carbocycles. The predicted molar refractivity (Wildman–Crippen MR) is 77.6 cm³/mol. The number of methoxy groups -OCH3 is 1. The van der Waals surface area contributed by atoms with Crippen LogP contribution in [0, 0.1) is 5.82 Å². The Balaban J connectivity index is 2.24. The summed E-state index contributed by atoms with van der Waals surface area (Å²) in [5.41, 5.74) is 0.145. The number of benzene rings is 1. The second kappa shape index (κ2) is 6.45. The topological polar surface area (TPSA) is 68.3 Å². The van der Waals surface area contributed by atoms with Crippen molar-refractivity contribution in [2.75, 3.05) is 12.4 Å². The molecule has 21 heavy (non-hydrogen) atoms. The van der Waals surface area contributed by atoms with Crippen molar-refractivity contribution in [1.82, 2.24) is 4.98 Å². The van der Waals surface area contributed by atoms with E-state index >= 15 is 0 Å². The van der Waals surface area contributed by atoms with E-state index in [4.69, 9.17) is 0 Å². The Morgan fingerprint density at radius 1 is 1.29 bits per heavy atom. The Morgan fingerprint density at radius 3 is 2.67 bits per heavy atom. The summed E-state index contributed by atoms with van der Waals surface area (Å²) in [5, 5.41) is 2.37. The van der Waals surface area contributed by atoms with E-state index in [-0.39, 0.29) is 16.9 Å². The van der Waals surface area contributed by atoms with Crippen LogP contribution in [0.4, 0.5) is 10.1 Å². The van der Waals surface area contributed by atoms with Gasteiger partial charge in [0, 0.05) is 10.7 Å². The molecule has 108 valence electrons. The normalized spacial score (nSPS) is 10.0. The zero-order valence-electron chi connectivity index (χ0n) is 10.9. The number of hydrogen-bond acceptors (Lipinski definition) is 4. The molecule has 5 nitrogen and oxygen atoms in total. The minimum atomic E-state index is -0.659. The van der Waals surface area contributed by atoms with Crippen LogP contribution in [0.1, 0.15) is 20.8 Å². The highest BCUT2D eigenvalue weighted by molar-refractivity contribution is 9.10. The molecule has 0 spiro atoms. The van der Waals surface area contributed by atoms with Crippen molar-refractivity contribution in [2.45, 2.75) is 0 Å². The van der Waals surface area contributed by atoms with Crippen molar-refractivity contribution in [3.8, 4) is 0 Å². The maximum atomic E-state index is 13.7. The summed E-state index contributed by atoms with van der Waals surface area (Å²) < 4.78 is 18.9. The number of aromatic nitrogens is 1. The molecule has 0 aliphatic heterocycles. The summed E-state index contributed by atoms with van der Waals surface area (Å²) in [7, 11) is 1.22. The highest BCUT2D eigenvalue weighted by Gasteiger charge is 2.13. The van der Waals surface area contributed by atoms with Gasteiger partial charge >= 0.3 is 5.97 Å². The average Bonchev–Trinajstić information content (AvgIpc) is 2.49. The minimum absolute atomic E-state index is 0.118. The van der Waals surface area contributed by atoms with Crippen LogP contribution in [0.5, 0.6) is 0 Å². The fraction of sp³-hybridized carbons (Fsp3) is 0.0714. The second-order valence-corrected chi connectivity index (χ2v) is 4.92.